The van der Waals surface area contributed by atoms with Crippen molar-refractivity contribution in [3.05, 3.63) is 94.2 Å². The van der Waals surface area contributed by atoms with E-state index < -0.39 is 0 Å². The third-order valence-corrected chi connectivity index (χ3v) is 4.28. The predicted octanol–water partition coefficient (Wildman–Crippen LogP) is 5.76. The molecule has 0 saturated heterocycles. The number of hydrogen-bond acceptors (Lipinski definition) is 2. The Morgan fingerprint density at radius 1 is 0.818 bits per heavy atom. The normalized spacial score (nSPS) is 12.4. The van der Waals surface area contributed by atoms with Crippen LogP contribution in [0.3, 0.4) is 0 Å². The van der Waals surface area contributed by atoms with Crippen molar-refractivity contribution in [2.45, 2.75) is 6.92 Å². The van der Waals surface area contributed by atoms with E-state index in [1.165, 1.54) is 11.1 Å². The van der Waals surface area contributed by atoms with Crippen LogP contribution in [-0.4, -0.2) is 6.21 Å². The van der Waals surface area contributed by atoms with Crippen molar-refractivity contribution in [2.24, 2.45) is 4.99 Å². The quantitative estimate of drug-likeness (QED) is 0.429. The van der Waals surface area contributed by atoms with E-state index in [0.717, 1.165) is 16.1 Å². The zero-order chi connectivity index (χ0) is 15.2. The van der Waals surface area contributed by atoms with Gasteiger partial charge < -0.3 is 0 Å². The van der Waals surface area contributed by atoms with Crippen LogP contribution in [0.4, 0.5) is 0 Å². The van der Waals surface area contributed by atoms with E-state index in [9.17, 15) is 0 Å². The molecule has 22 heavy (non-hydrogen) atoms. The molecular weight excluding hydrogens is 286 g/mol. The fourth-order valence-corrected chi connectivity index (χ4v) is 2.89. The predicted molar refractivity (Wildman–Crippen MR) is 97.3 cm³/mol. The second-order valence-electron chi connectivity index (χ2n) is 4.98. The molecule has 0 aliphatic rings. The molecule has 0 fully saturated rings. The zero-order valence-corrected chi connectivity index (χ0v) is 13.3. The molecular formula is C20H17NS. The Balaban J connectivity index is 2.07. The molecule has 108 valence electrons. The largest absolute Gasteiger partial charge is 0.254 e. The number of benzene rings is 2. The van der Waals surface area contributed by atoms with E-state index >= 15 is 0 Å². The van der Waals surface area contributed by atoms with Gasteiger partial charge in [-0.2, -0.15) is 0 Å². The molecule has 1 nitrogen and oxygen atoms in total. The van der Waals surface area contributed by atoms with E-state index in [-0.39, 0.29) is 0 Å². The lowest BCUT2D eigenvalue weighted by molar-refractivity contribution is 1.47. The van der Waals surface area contributed by atoms with Crippen molar-refractivity contribution in [1.29, 1.82) is 0 Å². The van der Waals surface area contributed by atoms with Crippen LogP contribution < -0.4 is 0 Å². The summed E-state index contributed by atoms with van der Waals surface area (Å²) < 4.78 is 0. The van der Waals surface area contributed by atoms with Gasteiger partial charge in [0.05, 0.1) is 5.70 Å². The number of allylic oxidation sites excluding steroid dienone is 1. The highest BCUT2D eigenvalue weighted by molar-refractivity contribution is 7.11. The standard InChI is InChI=1S/C20H17NS/c1-16(17-9-4-2-5-10-17)20(18-11-6-3-7-12-18)21-15-19-13-8-14-22-19/h2-15H,1H3/b20-16-,21-15?. The van der Waals surface area contributed by atoms with E-state index in [4.69, 9.17) is 4.99 Å². The zero-order valence-electron chi connectivity index (χ0n) is 12.4. The van der Waals surface area contributed by atoms with Gasteiger partial charge in [0.15, 0.2) is 0 Å². The second kappa shape index (κ2) is 7.01. The Morgan fingerprint density at radius 3 is 2.05 bits per heavy atom. The first-order valence-electron chi connectivity index (χ1n) is 7.24. The summed E-state index contributed by atoms with van der Waals surface area (Å²) in [6.45, 7) is 2.13. The van der Waals surface area contributed by atoms with Gasteiger partial charge in [-0.3, -0.25) is 4.99 Å². The minimum atomic E-state index is 1.01. The summed E-state index contributed by atoms with van der Waals surface area (Å²) in [4.78, 5) is 5.94. The van der Waals surface area contributed by atoms with Crippen LogP contribution in [0.15, 0.2) is 83.2 Å². The number of nitrogens with zero attached hydrogens (tertiary/aromatic N) is 1. The van der Waals surface area contributed by atoms with Crippen LogP contribution >= 0.6 is 11.3 Å². The molecule has 0 spiro atoms. The van der Waals surface area contributed by atoms with Crippen molar-refractivity contribution in [2.75, 3.05) is 0 Å². The maximum atomic E-state index is 4.78. The molecule has 1 aromatic heterocycles. The average molecular weight is 303 g/mol. The minimum absolute atomic E-state index is 1.01. The summed E-state index contributed by atoms with van der Waals surface area (Å²) in [6, 6.07) is 24.9. The molecule has 0 atom stereocenters. The summed E-state index contributed by atoms with van der Waals surface area (Å²) in [5.41, 5.74) is 4.53. The Morgan fingerprint density at radius 2 is 1.45 bits per heavy atom. The van der Waals surface area contributed by atoms with Crippen LogP contribution in [0, 0.1) is 0 Å². The number of rotatable bonds is 4. The lowest BCUT2D eigenvalue weighted by Gasteiger charge is -2.09. The topological polar surface area (TPSA) is 12.4 Å². The van der Waals surface area contributed by atoms with Gasteiger partial charge in [-0.25, -0.2) is 0 Å². The van der Waals surface area contributed by atoms with E-state index in [0.29, 0.717) is 0 Å². The first-order chi connectivity index (χ1) is 10.8. The Labute approximate surface area is 135 Å². The fraction of sp³-hybridized carbons (Fsp3) is 0.0500. The van der Waals surface area contributed by atoms with Crippen LogP contribution in [-0.2, 0) is 0 Å². The summed E-state index contributed by atoms with van der Waals surface area (Å²) in [5, 5.41) is 2.07. The van der Waals surface area contributed by atoms with Gasteiger partial charge >= 0.3 is 0 Å². The van der Waals surface area contributed by atoms with Gasteiger partial charge in [-0.15, -0.1) is 11.3 Å². The molecule has 2 heteroatoms. The average Bonchev–Trinajstić information content (AvgIpc) is 3.10. The molecule has 0 radical (unpaired) electrons. The third kappa shape index (κ3) is 3.41. The van der Waals surface area contributed by atoms with Gasteiger partial charge in [-0.05, 0) is 29.5 Å². The van der Waals surface area contributed by atoms with Gasteiger partial charge in [0, 0.05) is 16.7 Å². The lowest BCUT2D eigenvalue weighted by Crippen LogP contribution is -1.88. The molecule has 0 N–H and O–H groups in total. The molecule has 0 saturated carbocycles. The molecule has 0 bridgehead atoms. The fourth-order valence-electron chi connectivity index (χ4n) is 2.30. The molecule has 0 aliphatic heterocycles. The van der Waals surface area contributed by atoms with Gasteiger partial charge in [0.25, 0.3) is 0 Å². The number of aliphatic imine (C=N–C) groups is 1. The maximum absolute atomic E-state index is 4.78. The smallest absolute Gasteiger partial charge is 0.0737 e. The molecule has 0 amide bonds. The molecule has 0 aliphatic carbocycles. The minimum Gasteiger partial charge on any atom is -0.254 e. The van der Waals surface area contributed by atoms with Crippen LogP contribution in [0.5, 0.6) is 0 Å². The van der Waals surface area contributed by atoms with Crippen molar-refractivity contribution in [3.63, 3.8) is 0 Å². The third-order valence-electron chi connectivity index (χ3n) is 3.47. The van der Waals surface area contributed by atoms with Crippen molar-refractivity contribution in [3.8, 4) is 0 Å². The van der Waals surface area contributed by atoms with Crippen molar-refractivity contribution < 1.29 is 0 Å². The Bertz CT molecular complexity index is 769. The van der Waals surface area contributed by atoms with E-state index in [1.807, 2.05) is 36.5 Å². The Kier molecular flexibility index (Phi) is 4.62. The highest BCUT2D eigenvalue weighted by Crippen LogP contribution is 2.27. The first kappa shape index (κ1) is 14.5. The van der Waals surface area contributed by atoms with Crippen LogP contribution in [0.1, 0.15) is 22.9 Å². The van der Waals surface area contributed by atoms with Crippen molar-refractivity contribution in [1.82, 2.24) is 0 Å². The summed E-state index contributed by atoms with van der Waals surface area (Å²) in [7, 11) is 0. The summed E-state index contributed by atoms with van der Waals surface area (Å²) in [5.74, 6) is 0. The van der Waals surface area contributed by atoms with Crippen molar-refractivity contribution >= 4 is 28.8 Å². The molecule has 3 rings (SSSR count). The molecule has 1 heterocycles. The SMILES string of the molecule is C/C(=C(/N=Cc1cccs1)c1ccccc1)c1ccccc1. The lowest BCUT2D eigenvalue weighted by atomic mass is 10.0. The first-order valence-corrected chi connectivity index (χ1v) is 8.12. The summed E-state index contributed by atoms with van der Waals surface area (Å²) >= 11 is 1.70. The number of thiophene rings is 1. The van der Waals surface area contributed by atoms with Gasteiger partial charge in [0.1, 0.15) is 0 Å². The highest BCUT2D eigenvalue weighted by atomic mass is 32.1. The van der Waals surface area contributed by atoms with Gasteiger partial charge in [0.2, 0.25) is 0 Å². The van der Waals surface area contributed by atoms with Gasteiger partial charge in [-0.1, -0.05) is 66.7 Å². The summed E-state index contributed by atoms with van der Waals surface area (Å²) in [6.07, 6.45) is 1.94. The highest BCUT2D eigenvalue weighted by Gasteiger charge is 2.06. The molecule has 2 aromatic carbocycles. The Hall–Kier alpha value is -2.45. The van der Waals surface area contributed by atoms with E-state index in [2.05, 4.69) is 54.8 Å². The second-order valence-corrected chi connectivity index (χ2v) is 5.96. The number of hydrogen-bond donors (Lipinski definition) is 0. The monoisotopic (exact) mass is 303 g/mol. The maximum Gasteiger partial charge on any atom is 0.0737 e. The van der Waals surface area contributed by atoms with Crippen LogP contribution in [0.25, 0.3) is 11.3 Å². The van der Waals surface area contributed by atoms with Crippen LogP contribution in [0.2, 0.25) is 0 Å². The molecule has 3 aromatic rings. The molecule has 0 unspecified atom stereocenters. The van der Waals surface area contributed by atoms with E-state index in [1.54, 1.807) is 11.3 Å².